The molecule has 0 heteroatoms. The van der Waals surface area contributed by atoms with Gasteiger partial charge in [-0.05, 0) is 89.7 Å². The fourth-order valence-corrected chi connectivity index (χ4v) is 7.60. The van der Waals surface area contributed by atoms with Crippen LogP contribution in [0.1, 0.15) is 22.3 Å². The molecule has 41 heavy (non-hydrogen) atoms. The summed E-state index contributed by atoms with van der Waals surface area (Å²) in [5.41, 5.74) is 15.5. The molecular weight excluding hydrogens is 492 g/mol. The average Bonchev–Trinajstić information content (AvgIpc) is 3.52. The van der Waals surface area contributed by atoms with Crippen LogP contribution in [0, 0.1) is 0 Å². The molecule has 9 rings (SSSR count). The maximum atomic E-state index is 2.47. The van der Waals surface area contributed by atoms with Crippen molar-refractivity contribution in [1.29, 1.82) is 0 Å². The first kappa shape index (κ1) is 22.6. The fourth-order valence-electron chi connectivity index (χ4n) is 7.60. The van der Waals surface area contributed by atoms with Crippen LogP contribution in [-0.4, -0.2) is 0 Å². The van der Waals surface area contributed by atoms with E-state index in [4.69, 9.17) is 0 Å². The summed E-state index contributed by atoms with van der Waals surface area (Å²) in [6, 6.07) is 58.5. The van der Waals surface area contributed by atoms with E-state index in [0.29, 0.717) is 0 Å². The third kappa shape index (κ3) is 3.00. The second-order valence-electron chi connectivity index (χ2n) is 11.3. The molecule has 0 amide bonds. The first-order valence-electron chi connectivity index (χ1n) is 14.4. The number of hydrogen-bond acceptors (Lipinski definition) is 0. The van der Waals surface area contributed by atoms with E-state index < -0.39 is 0 Å². The highest BCUT2D eigenvalue weighted by atomic mass is 14.5. The summed E-state index contributed by atoms with van der Waals surface area (Å²) < 4.78 is 0. The summed E-state index contributed by atoms with van der Waals surface area (Å²) in [5.74, 6) is 0. The second kappa shape index (κ2) is 8.40. The molecular formula is C41H26. The molecule has 190 valence electrons. The minimum absolute atomic E-state index is 0.379. The number of benzene rings is 7. The Morgan fingerprint density at radius 1 is 0.317 bits per heavy atom. The lowest BCUT2D eigenvalue weighted by molar-refractivity contribution is 0.801. The summed E-state index contributed by atoms with van der Waals surface area (Å²) in [6.45, 7) is 0. The van der Waals surface area contributed by atoms with Crippen molar-refractivity contribution in [3.8, 4) is 44.5 Å². The molecule has 0 aliphatic heterocycles. The Hall–Kier alpha value is -5.20. The first-order valence-corrected chi connectivity index (χ1v) is 14.4. The topological polar surface area (TPSA) is 0 Å². The summed E-state index contributed by atoms with van der Waals surface area (Å²) in [4.78, 5) is 0. The van der Waals surface area contributed by atoms with Gasteiger partial charge in [0.25, 0.3) is 0 Å². The Kier molecular flexibility index (Phi) is 4.63. The lowest BCUT2D eigenvalue weighted by Gasteiger charge is -2.31. The van der Waals surface area contributed by atoms with Gasteiger partial charge in [-0.1, -0.05) is 146 Å². The standard InChI is InChI=1S/C41H26/c1-3-11-27(12-4-1)29-19-22-32-31(25-29)21-24-36-35-23-20-30(28-13-5-2-6-14-28)26-39(35)41(40(32)36)37-17-9-7-15-33(37)34-16-8-10-18-38(34)41/h1-26H. The quantitative estimate of drug-likeness (QED) is 0.213. The van der Waals surface area contributed by atoms with Gasteiger partial charge in [0.15, 0.2) is 0 Å². The van der Waals surface area contributed by atoms with E-state index in [2.05, 4.69) is 158 Å². The van der Waals surface area contributed by atoms with Gasteiger partial charge in [-0.15, -0.1) is 0 Å². The van der Waals surface area contributed by atoms with Crippen molar-refractivity contribution in [3.05, 3.63) is 180 Å². The summed E-state index contributed by atoms with van der Waals surface area (Å²) in [7, 11) is 0. The van der Waals surface area contributed by atoms with Gasteiger partial charge in [0.2, 0.25) is 0 Å². The Balaban J connectivity index is 1.41. The minimum Gasteiger partial charge on any atom is -0.0622 e. The van der Waals surface area contributed by atoms with Crippen molar-refractivity contribution in [1.82, 2.24) is 0 Å². The van der Waals surface area contributed by atoms with Gasteiger partial charge in [-0.2, -0.15) is 0 Å². The molecule has 0 atom stereocenters. The monoisotopic (exact) mass is 518 g/mol. The predicted molar refractivity (Wildman–Crippen MR) is 171 cm³/mol. The number of hydrogen-bond donors (Lipinski definition) is 0. The zero-order valence-electron chi connectivity index (χ0n) is 22.5. The Morgan fingerprint density at radius 3 is 1.49 bits per heavy atom. The largest absolute Gasteiger partial charge is 0.0731 e. The smallest absolute Gasteiger partial charge is 0.0622 e. The van der Waals surface area contributed by atoms with Crippen molar-refractivity contribution in [2.24, 2.45) is 0 Å². The molecule has 0 saturated carbocycles. The van der Waals surface area contributed by atoms with Crippen molar-refractivity contribution >= 4 is 10.8 Å². The molecule has 0 N–H and O–H groups in total. The highest BCUT2D eigenvalue weighted by Gasteiger charge is 2.52. The van der Waals surface area contributed by atoms with Crippen LogP contribution in [0.5, 0.6) is 0 Å². The summed E-state index contributed by atoms with van der Waals surface area (Å²) in [5, 5.41) is 2.61. The molecule has 0 aromatic heterocycles. The van der Waals surface area contributed by atoms with Crippen molar-refractivity contribution < 1.29 is 0 Å². The third-order valence-electron chi connectivity index (χ3n) is 9.28. The van der Waals surface area contributed by atoms with Crippen LogP contribution in [0.4, 0.5) is 0 Å². The maximum absolute atomic E-state index is 2.47. The summed E-state index contributed by atoms with van der Waals surface area (Å²) in [6.07, 6.45) is 0. The van der Waals surface area contributed by atoms with Crippen molar-refractivity contribution in [2.45, 2.75) is 5.41 Å². The van der Waals surface area contributed by atoms with Gasteiger partial charge in [0.1, 0.15) is 0 Å². The fraction of sp³-hybridized carbons (Fsp3) is 0.0244. The van der Waals surface area contributed by atoms with Crippen LogP contribution < -0.4 is 0 Å². The van der Waals surface area contributed by atoms with E-state index in [9.17, 15) is 0 Å². The molecule has 0 radical (unpaired) electrons. The molecule has 1 spiro atoms. The molecule has 2 aliphatic carbocycles. The molecule has 0 bridgehead atoms. The first-order chi connectivity index (χ1) is 20.3. The van der Waals surface area contributed by atoms with E-state index >= 15 is 0 Å². The lowest BCUT2D eigenvalue weighted by Crippen LogP contribution is -2.26. The molecule has 7 aromatic rings. The van der Waals surface area contributed by atoms with Gasteiger partial charge in [-0.3, -0.25) is 0 Å². The number of rotatable bonds is 2. The lowest BCUT2D eigenvalue weighted by atomic mass is 9.69. The molecule has 7 aromatic carbocycles. The normalized spacial score (nSPS) is 13.6. The molecule has 0 fully saturated rings. The highest BCUT2D eigenvalue weighted by Crippen LogP contribution is 2.64. The van der Waals surface area contributed by atoms with Gasteiger partial charge < -0.3 is 0 Å². The highest BCUT2D eigenvalue weighted by molar-refractivity contribution is 6.05. The Labute approximate surface area is 240 Å². The second-order valence-corrected chi connectivity index (χ2v) is 11.3. The summed E-state index contributed by atoms with van der Waals surface area (Å²) >= 11 is 0. The average molecular weight is 519 g/mol. The van der Waals surface area contributed by atoms with Gasteiger partial charge in [-0.25, -0.2) is 0 Å². The van der Waals surface area contributed by atoms with Crippen molar-refractivity contribution in [2.75, 3.05) is 0 Å². The number of fused-ring (bicyclic) bond motifs is 12. The van der Waals surface area contributed by atoms with Gasteiger partial charge in [0, 0.05) is 0 Å². The molecule has 0 nitrogen and oxygen atoms in total. The van der Waals surface area contributed by atoms with E-state index in [1.54, 1.807) is 0 Å². The van der Waals surface area contributed by atoms with Gasteiger partial charge in [0.05, 0.1) is 5.41 Å². The van der Waals surface area contributed by atoms with Crippen LogP contribution in [0.25, 0.3) is 55.3 Å². The Bertz CT molecular complexity index is 2090. The minimum atomic E-state index is -0.379. The zero-order chi connectivity index (χ0) is 27.0. The van der Waals surface area contributed by atoms with Crippen LogP contribution >= 0.6 is 0 Å². The zero-order valence-corrected chi connectivity index (χ0v) is 22.5. The van der Waals surface area contributed by atoms with E-state index in [1.165, 1.54) is 77.5 Å². The molecule has 0 unspecified atom stereocenters. The SMILES string of the molecule is c1ccc(-c2ccc3c(c2)C2(c4ccccc4-c4ccccc42)c2c-3ccc3cc(-c4ccccc4)ccc23)cc1. The molecule has 0 heterocycles. The van der Waals surface area contributed by atoms with E-state index in [0.717, 1.165) is 0 Å². The maximum Gasteiger partial charge on any atom is 0.0731 e. The van der Waals surface area contributed by atoms with E-state index in [1.807, 2.05) is 0 Å². The van der Waals surface area contributed by atoms with Crippen LogP contribution in [0.2, 0.25) is 0 Å². The van der Waals surface area contributed by atoms with Crippen LogP contribution in [-0.2, 0) is 5.41 Å². The predicted octanol–water partition coefficient (Wildman–Crippen LogP) is 10.5. The van der Waals surface area contributed by atoms with Crippen LogP contribution in [0.3, 0.4) is 0 Å². The molecule has 2 aliphatic rings. The Morgan fingerprint density at radius 2 is 0.829 bits per heavy atom. The molecule has 0 saturated heterocycles. The third-order valence-corrected chi connectivity index (χ3v) is 9.28. The van der Waals surface area contributed by atoms with Crippen molar-refractivity contribution in [3.63, 3.8) is 0 Å². The van der Waals surface area contributed by atoms with Crippen LogP contribution in [0.15, 0.2) is 158 Å². The van der Waals surface area contributed by atoms with E-state index in [-0.39, 0.29) is 5.41 Å². The van der Waals surface area contributed by atoms with Gasteiger partial charge >= 0.3 is 0 Å².